The Morgan fingerprint density at radius 2 is 2.00 bits per heavy atom. The van der Waals surface area contributed by atoms with Gasteiger partial charge in [-0.25, -0.2) is 4.98 Å². The Bertz CT molecular complexity index is 570. The molecule has 0 saturated heterocycles. The van der Waals surface area contributed by atoms with E-state index in [4.69, 9.17) is 10.5 Å². The van der Waals surface area contributed by atoms with Crippen LogP contribution in [0.2, 0.25) is 0 Å². The summed E-state index contributed by atoms with van der Waals surface area (Å²) < 4.78 is 5.79. The fourth-order valence-electron chi connectivity index (χ4n) is 1.86. The first kappa shape index (κ1) is 14.2. The number of pyridine rings is 1. The number of aldehydes is 1. The quantitative estimate of drug-likeness (QED) is 0.820. The summed E-state index contributed by atoms with van der Waals surface area (Å²) in [5, 5.41) is 0. The van der Waals surface area contributed by atoms with Gasteiger partial charge in [-0.15, -0.1) is 0 Å². The Kier molecular flexibility index (Phi) is 4.85. The Balaban J connectivity index is 2.20. The summed E-state index contributed by atoms with van der Waals surface area (Å²) in [5.41, 5.74) is 8.11. The molecule has 20 heavy (non-hydrogen) atoms. The maximum absolute atomic E-state index is 10.8. The summed E-state index contributed by atoms with van der Waals surface area (Å²) in [7, 11) is 0. The SMILES string of the molecule is CCC(N)c1nc(C=O)ccc1OCc1ccccc1. The molecule has 4 heteroatoms. The van der Waals surface area contributed by atoms with Gasteiger partial charge in [0, 0.05) is 0 Å². The van der Waals surface area contributed by atoms with Gasteiger partial charge >= 0.3 is 0 Å². The molecule has 1 heterocycles. The molecular formula is C16H18N2O2. The Labute approximate surface area is 118 Å². The van der Waals surface area contributed by atoms with Crippen LogP contribution in [0.3, 0.4) is 0 Å². The number of rotatable bonds is 6. The maximum Gasteiger partial charge on any atom is 0.168 e. The van der Waals surface area contributed by atoms with Crippen molar-refractivity contribution in [1.82, 2.24) is 4.98 Å². The molecule has 1 unspecified atom stereocenters. The zero-order chi connectivity index (χ0) is 14.4. The highest BCUT2D eigenvalue weighted by atomic mass is 16.5. The largest absolute Gasteiger partial charge is 0.487 e. The van der Waals surface area contributed by atoms with Crippen LogP contribution in [0.5, 0.6) is 5.75 Å². The molecule has 0 saturated carbocycles. The van der Waals surface area contributed by atoms with Crippen LogP contribution in [0.4, 0.5) is 0 Å². The van der Waals surface area contributed by atoms with Crippen molar-refractivity contribution in [3.8, 4) is 5.75 Å². The number of benzene rings is 1. The smallest absolute Gasteiger partial charge is 0.168 e. The van der Waals surface area contributed by atoms with Crippen molar-refractivity contribution in [3.63, 3.8) is 0 Å². The molecule has 0 amide bonds. The van der Waals surface area contributed by atoms with Crippen LogP contribution in [-0.4, -0.2) is 11.3 Å². The van der Waals surface area contributed by atoms with Gasteiger partial charge in [0.1, 0.15) is 18.1 Å². The molecular weight excluding hydrogens is 252 g/mol. The summed E-state index contributed by atoms with van der Waals surface area (Å²) in [6.07, 6.45) is 1.45. The van der Waals surface area contributed by atoms with E-state index < -0.39 is 0 Å². The van der Waals surface area contributed by atoms with E-state index in [0.29, 0.717) is 30.0 Å². The average molecular weight is 270 g/mol. The fourth-order valence-corrected chi connectivity index (χ4v) is 1.86. The number of nitrogens with zero attached hydrogens (tertiary/aromatic N) is 1. The molecule has 104 valence electrons. The topological polar surface area (TPSA) is 65.2 Å². The third-order valence-electron chi connectivity index (χ3n) is 3.06. The van der Waals surface area contributed by atoms with Crippen molar-refractivity contribution in [3.05, 3.63) is 59.4 Å². The van der Waals surface area contributed by atoms with Crippen molar-refractivity contribution >= 4 is 6.29 Å². The van der Waals surface area contributed by atoms with Gasteiger partial charge in [0.25, 0.3) is 0 Å². The third-order valence-corrected chi connectivity index (χ3v) is 3.06. The zero-order valence-corrected chi connectivity index (χ0v) is 11.5. The first-order valence-electron chi connectivity index (χ1n) is 6.63. The highest BCUT2D eigenvalue weighted by Crippen LogP contribution is 2.24. The molecule has 0 fully saturated rings. The standard InChI is InChI=1S/C16H18N2O2/c1-2-14(17)16-15(9-8-13(10-19)18-16)20-11-12-6-4-3-5-7-12/h3-10,14H,2,11,17H2,1H3. The van der Waals surface area contributed by atoms with Crippen LogP contribution in [0.15, 0.2) is 42.5 Å². The van der Waals surface area contributed by atoms with Gasteiger partial charge in [-0.3, -0.25) is 4.79 Å². The van der Waals surface area contributed by atoms with Crippen molar-refractivity contribution in [2.75, 3.05) is 0 Å². The first-order chi connectivity index (χ1) is 9.74. The molecule has 1 aromatic heterocycles. The lowest BCUT2D eigenvalue weighted by atomic mass is 10.1. The molecule has 0 spiro atoms. The Morgan fingerprint density at radius 3 is 2.65 bits per heavy atom. The molecule has 2 rings (SSSR count). The number of nitrogens with two attached hydrogens (primary N) is 1. The number of aromatic nitrogens is 1. The van der Waals surface area contributed by atoms with E-state index in [9.17, 15) is 4.79 Å². The first-order valence-corrected chi connectivity index (χ1v) is 6.63. The highest BCUT2D eigenvalue weighted by molar-refractivity contribution is 5.72. The van der Waals surface area contributed by atoms with E-state index in [-0.39, 0.29) is 6.04 Å². The second kappa shape index (κ2) is 6.82. The molecule has 1 atom stereocenters. The van der Waals surface area contributed by atoms with E-state index in [1.807, 2.05) is 37.3 Å². The van der Waals surface area contributed by atoms with E-state index in [1.54, 1.807) is 12.1 Å². The molecule has 4 nitrogen and oxygen atoms in total. The highest BCUT2D eigenvalue weighted by Gasteiger charge is 2.13. The van der Waals surface area contributed by atoms with Crippen LogP contribution in [0, 0.1) is 0 Å². The summed E-state index contributed by atoms with van der Waals surface area (Å²) >= 11 is 0. The van der Waals surface area contributed by atoms with Crippen molar-refractivity contribution in [1.29, 1.82) is 0 Å². The molecule has 2 N–H and O–H groups in total. The lowest BCUT2D eigenvalue weighted by Gasteiger charge is -2.15. The minimum atomic E-state index is -0.235. The van der Waals surface area contributed by atoms with E-state index in [2.05, 4.69) is 4.98 Å². The molecule has 1 aromatic carbocycles. The van der Waals surface area contributed by atoms with Gasteiger partial charge < -0.3 is 10.5 Å². The molecule has 0 aliphatic rings. The van der Waals surface area contributed by atoms with Crippen LogP contribution < -0.4 is 10.5 Å². The van der Waals surface area contributed by atoms with E-state index >= 15 is 0 Å². The number of hydrogen-bond acceptors (Lipinski definition) is 4. The van der Waals surface area contributed by atoms with Crippen molar-refractivity contribution in [2.24, 2.45) is 5.73 Å². The van der Waals surface area contributed by atoms with Crippen LogP contribution in [-0.2, 0) is 6.61 Å². The lowest BCUT2D eigenvalue weighted by Crippen LogP contribution is -2.14. The molecule has 2 aromatic rings. The van der Waals surface area contributed by atoms with Gasteiger partial charge in [0.2, 0.25) is 0 Å². The molecule has 0 aliphatic heterocycles. The van der Waals surface area contributed by atoms with Crippen molar-refractivity contribution < 1.29 is 9.53 Å². The van der Waals surface area contributed by atoms with E-state index in [0.717, 1.165) is 12.0 Å². The predicted molar refractivity (Wildman–Crippen MR) is 77.6 cm³/mol. The third kappa shape index (κ3) is 3.42. The molecule has 0 radical (unpaired) electrons. The van der Waals surface area contributed by atoms with Crippen LogP contribution in [0.1, 0.15) is 41.1 Å². The second-order valence-electron chi connectivity index (χ2n) is 4.53. The fraction of sp³-hybridized carbons (Fsp3) is 0.250. The normalized spacial score (nSPS) is 11.9. The number of carbonyl (C=O) groups is 1. The molecule has 0 bridgehead atoms. The predicted octanol–water partition coefficient (Wildman–Crippen LogP) is 2.88. The van der Waals surface area contributed by atoms with Gasteiger partial charge in [-0.2, -0.15) is 0 Å². The van der Waals surface area contributed by atoms with Crippen molar-refractivity contribution in [2.45, 2.75) is 26.0 Å². The maximum atomic E-state index is 10.8. The zero-order valence-electron chi connectivity index (χ0n) is 11.5. The Morgan fingerprint density at radius 1 is 1.25 bits per heavy atom. The Hall–Kier alpha value is -2.20. The van der Waals surface area contributed by atoms with E-state index in [1.165, 1.54) is 0 Å². The second-order valence-corrected chi connectivity index (χ2v) is 4.53. The van der Waals surface area contributed by atoms with Crippen LogP contribution in [0.25, 0.3) is 0 Å². The minimum Gasteiger partial charge on any atom is -0.487 e. The summed E-state index contributed by atoms with van der Waals surface area (Å²) in [6, 6.07) is 13.0. The van der Waals surface area contributed by atoms with Crippen LogP contribution >= 0.6 is 0 Å². The lowest BCUT2D eigenvalue weighted by molar-refractivity contribution is 0.111. The minimum absolute atomic E-state index is 0.235. The monoisotopic (exact) mass is 270 g/mol. The number of ether oxygens (including phenoxy) is 1. The van der Waals surface area contributed by atoms with Gasteiger partial charge in [0.05, 0.1) is 11.7 Å². The van der Waals surface area contributed by atoms with Gasteiger partial charge in [0.15, 0.2) is 6.29 Å². The number of carbonyl (C=O) groups excluding carboxylic acids is 1. The summed E-state index contributed by atoms with van der Waals surface area (Å²) in [4.78, 5) is 15.1. The average Bonchev–Trinajstić information content (AvgIpc) is 2.53. The number of hydrogen-bond donors (Lipinski definition) is 1. The van der Waals surface area contributed by atoms with Gasteiger partial charge in [-0.1, -0.05) is 37.3 Å². The van der Waals surface area contributed by atoms with Gasteiger partial charge in [-0.05, 0) is 24.1 Å². The molecule has 0 aliphatic carbocycles. The summed E-state index contributed by atoms with van der Waals surface area (Å²) in [5.74, 6) is 0.633. The summed E-state index contributed by atoms with van der Waals surface area (Å²) in [6.45, 7) is 2.42.